The highest BCUT2D eigenvalue weighted by Crippen LogP contribution is 2.34. The van der Waals surface area contributed by atoms with E-state index in [1.807, 2.05) is 0 Å². The molecule has 1 N–H and O–H groups in total. The summed E-state index contributed by atoms with van der Waals surface area (Å²) in [4.78, 5) is 0. The third-order valence-corrected chi connectivity index (χ3v) is 4.00. The second kappa shape index (κ2) is 6.08. The first-order chi connectivity index (χ1) is 9.82. The van der Waals surface area contributed by atoms with Crippen LogP contribution < -0.4 is 5.43 Å². The van der Waals surface area contributed by atoms with Crippen molar-refractivity contribution in [3.05, 3.63) is 29.8 Å². The maximum Gasteiger partial charge on any atom is 0.301 e. The average Bonchev–Trinajstić information content (AvgIpc) is 2.46. The highest BCUT2D eigenvalue weighted by atomic mass is 19.3. The maximum atomic E-state index is 13.1. The smallest absolute Gasteiger partial charge is 0.279 e. The van der Waals surface area contributed by atoms with Crippen molar-refractivity contribution in [1.82, 2.24) is 0 Å². The predicted octanol–water partition coefficient (Wildman–Crippen LogP) is 5.12. The van der Waals surface area contributed by atoms with E-state index < -0.39 is 12.6 Å². The third-order valence-electron chi connectivity index (χ3n) is 4.00. The number of halogens is 3. The Morgan fingerprint density at radius 1 is 1.14 bits per heavy atom. The van der Waals surface area contributed by atoms with E-state index in [9.17, 15) is 13.2 Å². The summed E-state index contributed by atoms with van der Waals surface area (Å²) in [7, 11) is 0. The first kappa shape index (κ1) is 15.9. The van der Waals surface area contributed by atoms with E-state index in [4.69, 9.17) is 0 Å². The monoisotopic (exact) mass is 298 g/mol. The minimum Gasteiger partial charge on any atom is -0.279 e. The Balaban J connectivity index is 1.95. The molecule has 1 aliphatic rings. The zero-order valence-corrected chi connectivity index (χ0v) is 12.4. The fourth-order valence-electron chi connectivity index (χ4n) is 2.34. The molecule has 0 heterocycles. The van der Waals surface area contributed by atoms with Crippen LogP contribution >= 0.6 is 0 Å². The molecule has 0 unspecified atom stereocenters. The summed E-state index contributed by atoms with van der Waals surface area (Å²) in [5, 5.41) is 4.34. The highest BCUT2D eigenvalue weighted by Gasteiger charge is 2.31. The fourth-order valence-corrected chi connectivity index (χ4v) is 2.34. The number of nitrogens with one attached hydrogen (secondary N) is 1. The number of hydrogen-bond donors (Lipinski definition) is 1. The molecule has 0 saturated heterocycles. The molecule has 0 radical (unpaired) electrons. The van der Waals surface area contributed by atoms with Crippen molar-refractivity contribution >= 4 is 11.4 Å². The van der Waals surface area contributed by atoms with Crippen LogP contribution in [-0.4, -0.2) is 12.4 Å². The second-order valence-corrected chi connectivity index (χ2v) is 6.37. The minimum absolute atomic E-state index is 0.317. The van der Waals surface area contributed by atoms with Gasteiger partial charge in [-0.1, -0.05) is 26.0 Å². The van der Waals surface area contributed by atoms with Gasteiger partial charge in [0.05, 0.1) is 5.69 Å². The Labute approximate surface area is 123 Å². The molecule has 1 aromatic carbocycles. The zero-order chi connectivity index (χ0) is 15.5. The minimum atomic E-state index is -3.42. The van der Waals surface area contributed by atoms with E-state index in [0.29, 0.717) is 11.1 Å². The van der Waals surface area contributed by atoms with Gasteiger partial charge in [0.2, 0.25) is 0 Å². The van der Waals surface area contributed by atoms with Crippen LogP contribution in [0.3, 0.4) is 0 Å². The molecule has 0 amide bonds. The molecule has 0 spiro atoms. The van der Waals surface area contributed by atoms with Gasteiger partial charge in [0.25, 0.3) is 0 Å². The Morgan fingerprint density at radius 3 is 2.24 bits per heavy atom. The number of rotatable bonds is 4. The maximum absolute atomic E-state index is 13.1. The molecular weight excluding hydrogens is 277 g/mol. The van der Waals surface area contributed by atoms with Gasteiger partial charge in [-0.05, 0) is 43.2 Å². The van der Waals surface area contributed by atoms with E-state index >= 15 is 0 Å². The van der Waals surface area contributed by atoms with Crippen molar-refractivity contribution in [3.63, 3.8) is 0 Å². The Morgan fingerprint density at radius 2 is 1.71 bits per heavy atom. The first-order valence-electron chi connectivity index (χ1n) is 7.18. The molecule has 2 rings (SSSR count). The van der Waals surface area contributed by atoms with Crippen LogP contribution in [0.5, 0.6) is 0 Å². The van der Waals surface area contributed by atoms with Crippen molar-refractivity contribution in [3.8, 4) is 0 Å². The van der Waals surface area contributed by atoms with Gasteiger partial charge in [-0.3, -0.25) is 5.43 Å². The number of alkyl halides is 3. The zero-order valence-electron chi connectivity index (χ0n) is 12.4. The Kier molecular flexibility index (Phi) is 4.59. The van der Waals surface area contributed by atoms with Gasteiger partial charge in [0.1, 0.15) is 0 Å². The SMILES string of the molecule is CC1(C)CCC(=NNc2ccc(C(F)(F)CF)cc2)CC1. The quantitative estimate of drug-likeness (QED) is 0.767. The van der Waals surface area contributed by atoms with Crippen molar-refractivity contribution in [1.29, 1.82) is 0 Å². The molecule has 21 heavy (non-hydrogen) atoms. The van der Waals surface area contributed by atoms with Crippen molar-refractivity contribution in [2.75, 3.05) is 12.1 Å². The molecule has 0 bridgehead atoms. The van der Waals surface area contributed by atoms with E-state index in [-0.39, 0.29) is 5.56 Å². The van der Waals surface area contributed by atoms with Crippen LogP contribution in [0.4, 0.5) is 18.9 Å². The van der Waals surface area contributed by atoms with Crippen LogP contribution in [0.1, 0.15) is 45.1 Å². The lowest BCUT2D eigenvalue weighted by atomic mass is 9.77. The number of benzene rings is 1. The Hall–Kier alpha value is -1.52. The summed E-state index contributed by atoms with van der Waals surface area (Å²) < 4.78 is 38.5. The lowest BCUT2D eigenvalue weighted by molar-refractivity contribution is -0.0280. The van der Waals surface area contributed by atoms with Gasteiger partial charge in [-0.15, -0.1) is 0 Å². The summed E-state index contributed by atoms with van der Waals surface area (Å²) in [6.07, 6.45) is 4.13. The molecule has 1 aliphatic carbocycles. The van der Waals surface area contributed by atoms with Crippen LogP contribution in [0.15, 0.2) is 29.4 Å². The molecular formula is C16H21F3N2. The number of hydrogen-bond acceptors (Lipinski definition) is 2. The molecule has 116 valence electrons. The van der Waals surface area contributed by atoms with Crippen LogP contribution in [0, 0.1) is 5.41 Å². The standard InChI is InChI=1S/C16H21F3N2/c1-15(2)9-7-14(8-10-15)21-20-13-5-3-12(4-6-13)16(18,19)11-17/h3-6,20H,7-11H2,1-2H3. The van der Waals surface area contributed by atoms with Gasteiger partial charge in [0.15, 0.2) is 6.67 Å². The van der Waals surface area contributed by atoms with Crippen molar-refractivity contribution in [2.24, 2.45) is 10.5 Å². The lowest BCUT2D eigenvalue weighted by Gasteiger charge is -2.29. The molecule has 1 saturated carbocycles. The first-order valence-corrected chi connectivity index (χ1v) is 7.18. The van der Waals surface area contributed by atoms with Gasteiger partial charge in [-0.2, -0.15) is 13.9 Å². The summed E-state index contributed by atoms with van der Waals surface area (Å²) in [6, 6.07) is 5.45. The molecule has 1 fully saturated rings. The van der Waals surface area contributed by atoms with E-state index in [2.05, 4.69) is 24.4 Å². The predicted molar refractivity (Wildman–Crippen MR) is 79.6 cm³/mol. The molecule has 0 aromatic heterocycles. The summed E-state index contributed by atoms with van der Waals surface area (Å²) in [5.74, 6) is -3.42. The fraction of sp³-hybridized carbons (Fsp3) is 0.562. The summed E-state index contributed by atoms with van der Waals surface area (Å²) in [5.41, 5.74) is 4.68. The number of hydrazone groups is 1. The molecule has 0 aliphatic heterocycles. The molecule has 2 nitrogen and oxygen atoms in total. The second-order valence-electron chi connectivity index (χ2n) is 6.37. The molecule has 0 atom stereocenters. The average molecular weight is 298 g/mol. The highest BCUT2D eigenvalue weighted by molar-refractivity contribution is 5.85. The van der Waals surface area contributed by atoms with Crippen molar-refractivity contribution < 1.29 is 13.2 Å². The van der Waals surface area contributed by atoms with Gasteiger partial charge in [-0.25, -0.2) is 4.39 Å². The van der Waals surface area contributed by atoms with Gasteiger partial charge < -0.3 is 0 Å². The number of anilines is 1. The van der Waals surface area contributed by atoms with Crippen LogP contribution in [0.2, 0.25) is 0 Å². The van der Waals surface area contributed by atoms with E-state index in [1.165, 1.54) is 24.3 Å². The largest absolute Gasteiger partial charge is 0.301 e. The van der Waals surface area contributed by atoms with E-state index in [1.54, 1.807) is 0 Å². The van der Waals surface area contributed by atoms with Crippen molar-refractivity contribution in [2.45, 2.75) is 45.5 Å². The molecule has 5 heteroatoms. The van der Waals surface area contributed by atoms with E-state index in [0.717, 1.165) is 31.4 Å². The van der Waals surface area contributed by atoms with Gasteiger partial charge in [0, 0.05) is 11.3 Å². The third kappa shape index (κ3) is 4.22. The normalized spacial score (nSPS) is 18.4. The topological polar surface area (TPSA) is 24.4 Å². The summed E-state index contributed by atoms with van der Waals surface area (Å²) in [6.45, 7) is 2.82. The van der Waals surface area contributed by atoms with Crippen LogP contribution in [-0.2, 0) is 5.92 Å². The Bertz CT molecular complexity index is 495. The lowest BCUT2D eigenvalue weighted by Crippen LogP contribution is -2.21. The molecule has 1 aromatic rings. The van der Waals surface area contributed by atoms with Crippen LogP contribution in [0.25, 0.3) is 0 Å². The summed E-state index contributed by atoms with van der Waals surface area (Å²) >= 11 is 0. The van der Waals surface area contributed by atoms with Gasteiger partial charge >= 0.3 is 5.92 Å². The number of nitrogens with zero attached hydrogens (tertiary/aromatic N) is 1.